The van der Waals surface area contributed by atoms with E-state index in [4.69, 9.17) is 9.15 Å². The van der Waals surface area contributed by atoms with Crippen molar-refractivity contribution in [2.75, 3.05) is 13.2 Å². The molecular weight excluding hydrogens is 504 g/mol. The smallest absolute Gasteiger partial charge is 0.290 e. The molecule has 0 N–H and O–H groups in total. The summed E-state index contributed by atoms with van der Waals surface area (Å²) in [5, 5.41) is 2.16. The predicted octanol–water partition coefficient (Wildman–Crippen LogP) is 6.87. The number of furan rings is 1. The van der Waals surface area contributed by atoms with E-state index in [1.165, 1.54) is 16.5 Å². The van der Waals surface area contributed by atoms with E-state index in [-0.39, 0.29) is 11.9 Å². The molecule has 1 aliphatic rings. The lowest BCUT2D eigenvalue weighted by molar-refractivity contribution is 0.0659. The first-order valence-electron chi connectivity index (χ1n) is 11.8. The van der Waals surface area contributed by atoms with E-state index in [0.29, 0.717) is 24.5 Å². The summed E-state index contributed by atoms with van der Waals surface area (Å²) in [4.78, 5) is 15.9. The molecule has 1 amide bonds. The highest BCUT2D eigenvalue weighted by molar-refractivity contribution is 9.10. The van der Waals surface area contributed by atoms with Gasteiger partial charge in [0.25, 0.3) is 5.91 Å². The van der Waals surface area contributed by atoms with Crippen molar-refractivity contribution < 1.29 is 13.9 Å². The van der Waals surface area contributed by atoms with E-state index in [2.05, 4.69) is 63.9 Å². The van der Waals surface area contributed by atoms with Gasteiger partial charge in [0.2, 0.25) is 0 Å². The maximum absolute atomic E-state index is 13.9. The lowest BCUT2D eigenvalue weighted by atomic mass is 9.92. The van der Waals surface area contributed by atoms with Gasteiger partial charge in [0.1, 0.15) is 11.3 Å². The molecule has 0 saturated carbocycles. The highest BCUT2D eigenvalue weighted by Gasteiger charge is 2.37. The van der Waals surface area contributed by atoms with Crippen LogP contribution in [-0.2, 0) is 13.5 Å². The number of ether oxygens (including phenoxy) is 1. The molecule has 35 heavy (non-hydrogen) atoms. The van der Waals surface area contributed by atoms with Crippen molar-refractivity contribution in [3.05, 3.63) is 99.9 Å². The maximum Gasteiger partial charge on any atom is 0.290 e. The highest BCUT2D eigenvalue weighted by atomic mass is 79.9. The van der Waals surface area contributed by atoms with Crippen molar-refractivity contribution >= 4 is 43.7 Å². The van der Waals surface area contributed by atoms with Gasteiger partial charge < -0.3 is 18.6 Å². The minimum Gasteiger partial charge on any atom is -0.494 e. The predicted molar refractivity (Wildman–Crippen MR) is 141 cm³/mol. The minimum absolute atomic E-state index is 0.105. The molecule has 0 aliphatic carbocycles. The molecule has 0 bridgehead atoms. The van der Waals surface area contributed by atoms with Gasteiger partial charge in [0.15, 0.2) is 5.76 Å². The minimum atomic E-state index is -0.237. The Kier molecular flexibility index (Phi) is 5.41. The summed E-state index contributed by atoms with van der Waals surface area (Å²) in [6, 6.07) is 24.0. The van der Waals surface area contributed by atoms with Crippen molar-refractivity contribution in [2.45, 2.75) is 19.4 Å². The van der Waals surface area contributed by atoms with Crippen molar-refractivity contribution in [3.8, 4) is 5.75 Å². The average molecular weight is 529 g/mol. The molecule has 0 fully saturated rings. The number of carbonyl (C=O) groups is 1. The zero-order valence-electron chi connectivity index (χ0n) is 19.6. The van der Waals surface area contributed by atoms with Gasteiger partial charge in [0, 0.05) is 40.0 Å². The number of hydrogen-bond acceptors (Lipinski definition) is 3. The molecule has 0 radical (unpaired) electrons. The van der Waals surface area contributed by atoms with Crippen LogP contribution in [0.2, 0.25) is 0 Å². The summed E-state index contributed by atoms with van der Waals surface area (Å²) < 4.78 is 14.9. The highest BCUT2D eigenvalue weighted by Crippen LogP contribution is 2.41. The molecule has 176 valence electrons. The van der Waals surface area contributed by atoms with Crippen LogP contribution in [0.1, 0.15) is 40.3 Å². The molecule has 6 rings (SSSR count). The fourth-order valence-electron chi connectivity index (χ4n) is 5.34. The SMILES string of the molecule is CCOc1ccc(C2c3c(c4ccccc4n3C)CCN2C(=O)c2cc3cc(Br)ccc3o2)cc1. The molecule has 1 aliphatic heterocycles. The fraction of sp³-hybridized carbons (Fsp3) is 0.207. The summed E-state index contributed by atoms with van der Waals surface area (Å²) in [5.74, 6) is 1.08. The van der Waals surface area contributed by atoms with Gasteiger partial charge in [-0.2, -0.15) is 0 Å². The Balaban J connectivity index is 1.49. The third-order valence-corrected chi connectivity index (χ3v) is 7.38. The second-order valence-electron chi connectivity index (χ2n) is 8.89. The van der Waals surface area contributed by atoms with Crippen LogP contribution in [-0.4, -0.2) is 28.5 Å². The van der Waals surface area contributed by atoms with Crippen molar-refractivity contribution in [1.29, 1.82) is 0 Å². The van der Waals surface area contributed by atoms with Gasteiger partial charge in [-0.05, 0) is 66.9 Å². The van der Waals surface area contributed by atoms with Crippen LogP contribution >= 0.6 is 15.9 Å². The van der Waals surface area contributed by atoms with Gasteiger partial charge in [-0.1, -0.05) is 46.3 Å². The number of para-hydroxylation sites is 1. The first-order chi connectivity index (χ1) is 17.0. The van der Waals surface area contributed by atoms with E-state index < -0.39 is 0 Å². The molecule has 1 unspecified atom stereocenters. The quantitative estimate of drug-likeness (QED) is 0.255. The topological polar surface area (TPSA) is 47.6 Å². The van der Waals surface area contributed by atoms with E-state index in [0.717, 1.165) is 33.3 Å². The van der Waals surface area contributed by atoms with Gasteiger partial charge in [0.05, 0.1) is 12.6 Å². The molecule has 5 nitrogen and oxygen atoms in total. The Labute approximate surface area is 212 Å². The molecule has 0 saturated heterocycles. The molecule has 6 heteroatoms. The van der Waals surface area contributed by atoms with E-state index in [9.17, 15) is 4.79 Å². The van der Waals surface area contributed by atoms with Crippen LogP contribution < -0.4 is 4.74 Å². The summed E-state index contributed by atoms with van der Waals surface area (Å²) in [5.41, 5.74) is 5.38. The maximum atomic E-state index is 13.9. The third-order valence-electron chi connectivity index (χ3n) is 6.89. The lowest BCUT2D eigenvalue weighted by Gasteiger charge is -2.36. The standard InChI is InChI=1S/C29H25BrN2O3/c1-3-34-21-11-8-18(9-12-21)27-28-23(22-6-4-5-7-24(22)31(28)2)14-15-32(27)29(33)26-17-19-16-20(30)10-13-25(19)35-26/h4-13,16-17,27H,3,14-15H2,1-2H3. The van der Waals surface area contributed by atoms with Gasteiger partial charge in [-0.3, -0.25) is 4.79 Å². The normalized spacial score (nSPS) is 15.5. The third kappa shape index (κ3) is 3.64. The fourth-order valence-corrected chi connectivity index (χ4v) is 5.72. The van der Waals surface area contributed by atoms with Crippen molar-refractivity contribution in [3.63, 3.8) is 0 Å². The molecular formula is C29H25BrN2O3. The van der Waals surface area contributed by atoms with Crippen molar-refractivity contribution in [1.82, 2.24) is 9.47 Å². The van der Waals surface area contributed by atoms with Gasteiger partial charge in [-0.15, -0.1) is 0 Å². The van der Waals surface area contributed by atoms with Crippen molar-refractivity contribution in [2.24, 2.45) is 7.05 Å². The second-order valence-corrected chi connectivity index (χ2v) is 9.80. The van der Waals surface area contributed by atoms with Gasteiger partial charge in [-0.25, -0.2) is 0 Å². The number of fused-ring (bicyclic) bond motifs is 4. The van der Waals surface area contributed by atoms with Crippen LogP contribution in [0.15, 0.2) is 81.7 Å². The number of amides is 1. The molecule has 0 spiro atoms. The Morgan fingerprint density at radius 2 is 1.89 bits per heavy atom. The van der Waals surface area contributed by atoms with Crippen LogP contribution in [0, 0.1) is 0 Å². The second kappa shape index (κ2) is 8.61. The zero-order chi connectivity index (χ0) is 24.1. The number of hydrogen-bond donors (Lipinski definition) is 0. The van der Waals surface area contributed by atoms with Crippen LogP contribution in [0.3, 0.4) is 0 Å². The Bertz CT molecular complexity index is 1560. The number of benzene rings is 3. The first-order valence-corrected chi connectivity index (χ1v) is 12.6. The molecule has 1 atom stereocenters. The lowest BCUT2D eigenvalue weighted by Crippen LogP contribution is -2.41. The molecule has 3 heterocycles. The average Bonchev–Trinajstić information content (AvgIpc) is 3.43. The summed E-state index contributed by atoms with van der Waals surface area (Å²) in [7, 11) is 2.09. The number of halogens is 1. The van der Waals surface area contributed by atoms with Crippen LogP contribution in [0.25, 0.3) is 21.9 Å². The monoisotopic (exact) mass is 528 g/mol. The van der Waals surface area contributed by atoms with Gasteiger partial charge >= 0.3 is 0 Å². The van der Waals surface area contributed by atoms with E-state index in [1.807, 2.05) is 48.2 Å². The zero-order valence-corrected chi connectivity index (χ0v) is 21.2. The summed E-state index contributed by atoms with van der Waals surface area (Å²) >= 11 is 3.51. The Morgan fingerprint density at radius 3 is 2.69 bits per heavy atom. The number of aryl methyl sites for hydroxylation is 1. The summed E-state index contributed by atoms with van der Waals surface area (Å²) in [6.45, 7) is 3.20. The summed E-state index contributed by atoms with van der Waals surface area (Å²) in [6.07, 6.45) is 0.793. The number of rotatable bonds is 4. The van der Waals surface area contributed by atoms with Crippen LogP contribution in [0.4, 0.5) is 0 Å². The Morgan fingerprint density at radius 1 is 1.09 bits per heavy atom. The molecule has 2 aromatic heterocycles. The Hall–Kier alpha value is -3.51. The number of nitrogens with zero attached hydrogens (tertiary/aromatic N) is 2. The molecule has 3 aromatic carbocycles. The van der Waals surface area contributed by atoms with Crippen LogP contribution in [0.5, 0.6) is 5.75 Å². The van der Waals surface area contributed by atoms with E-state index in [1.54, 1.807) is 0 Å². The number of aromatic nitrogens is 1. The van der Waals surface area contributed by atoms with E-state index >= 15 is 0 Å². The number of carbonyl (C=O) groups excluding carboxylic acids is 1. The largest absolute Gasteiger partial charge is 0.494 e. The molecule has 5 aromatic rings. The first kappa shape index (κ1) is 22.0.